The standard InChI is InChI=1S/C25H19ClN2O5S/c1-32-21-12-15(10-11-20(21)33-14-16-6-2-4-8-18(16)26)13-22-23(29)28-25(34-22)27-19-9-5-3-7-17(19)24(30)31/h2-13H,14H2,1H3,(H,30,31)(H,27,28,29). The van der Waals surface area contributed by atoms with Crippen LogP contribution in [0.5, 0.6) is 11.5 Å². The number of carboxylic acids is 1. The van der Waals surface area contributed by atoms with Crippen molar-refractivity contribution in [2.75, 3.05) is 7.11 Å². The molecule has 0 unspecified atom stereocenters. The Labute approximate surface area is 205 Å². The van der Waals surface area contributed by atoms with Gasteiger partial charge in [-0.05, 0) is 53.7 Å². The van der Waals surface area contributed by atoms with Gasteiger partial charge in [-0.2, -0.15) is 0 Å². The van der Waals surface area contributed by atoms with Crippen molar-refractivity contribution in [2.45, 2.75) is 6.61 Å². The van der Waals surface area contributed by atoms with Crippen LogP contribution in [0.1, 0.15) is 21.5 Å². The third-order valence-corrected chi connectivity index (χ3v) is 6.11. The predicted molar refractivity (Wildman–Crippen MR) is 133 cm³/mol. The number of rotatable bonds is 7. The van der Waals surface area contributed by atoms with Gasteiger partial charge in [0.25, 0.3) is 5.91 Å². The normalized spacial score (nSPS) is 15.4. The molecule has 1 heterocycles. The molecule has 0 radical (unpaired) electrons. The van der Waals surface area contributed by atoms with Crippen LogP contribution in [0.3, 0.4) is 0 Å². The van der Waals surface area contributed by atoms with Crippen LogP contribution in [-0.4, -0.2) is 29.3 Å². The summed E-state index contributed by atoms with van der Waals surface area (Å²) < 4.78 is 11.3. The number of carboxylic acid groups (broad SMARTS) is 1. The minimum Gasteiger partial charge on any atom is -0.493 e. The highest BCUT2D eigenvalue weighted by Gasteiger charge is 2.24. The number of amidine groups is 1. The summed E-state index contributed by atoms with van der Waals surface area (Å²) >= 11 is 7.31. The van der Waals surface area contributed by atoms with Gasteiger partial charge in [0, 0.05) is 10.6 Å². The Morgan fingerprint density at radius 3 is 2.65 bits per heavy atom. The van der Waals surface area contributed by atoms with Crippen LogP contribution in [0.15, 0.2) is 76.6 Å². The number of carbonyl (C=O) groups is 2. The number of methoxy groups -OCH3 is 1. The molecule has 34 heavy (non-hydrogen) atoms. The number of benzene rings is 3. The monoisotopic (exact) mass is 494 g/mol. The van der Waals surface area contributed by atoms with Gasteiger partial charge < -0.3 is 19.9 Å². The van der Waals surface area contributed by atoms with Gasteiger partial charge in [0.2, 0.25) is 0 Å². The molecule has 0 bridgehead atoms. The molecule has 172 valence electrons. The number of nitrogens with one attached hydrogen (secondary N) is 1. The minimum absolute atomic E-state index is 0.0550. The molecule has 0 aromatic heterocycles. The molecular formula is C25H19ClN2O5S. The van der Waals surface area contributed by atoms with Crippen molar-refractivity contribution in [3.63, 3.8) is 0 Å². The first-order valence-electron chi connectivity index (χ1n) is 10.1. The lowest BCUT2D eigenvalue weighted by Crippen LogP contribution is -2.19. The van der Waals surface area contributed by atoms with Crippen LogP contribution >= 0.6 is 23.4 Å². The quantitative estimate of drug-likeness (QED) is 0.420. The summed E-state index contributed by atoms with van der Waals surface area (Å²) in [5.41, 5.74) is 1.90. The Morgan fingerprint density at radius 1 is 1.12 bits per heavy atom. The molecule has 1 amide bonds. The van der Waals surface area contributed by atoms with Crippen LogP contribution < -0.4 is 14.8 Å². The van der Waals surface area contributed by atoms with E-state index in [0.717, 1.165) is 22.9 Å². The number of halogens is 1. The van der Waals surface area contributed by atoms with Crippen molar-refractivity contribution in [3.05, 3.63) is 93.3 Å². The fraction of sp³-hybridized carbons (Fsp3) is 0.0800. The maximum Gasteiger partial charge on any atom is 0.337 e. The van der Waals surface area contributed by atoms with E-state index in [0.29, 0.717) is 26.6 Å². The molecule has 4 rings (SSSR count). The van der Waals surface area contributed by atoms with Gasteiger partial charge in [-0.25, -0.2) is 9.79 Å². The van der Waals surface area contributed by atoms with E-state index < -0.39 is 5.97 Å². The second kappa shape index (κ2) is 10.5. The molecular weight excluding hydrogens is 476 g/mol. The van der Waals surface area contributed by atoms with Crippen molar-refractivity contribution in [2.24, 2.45) is 4.99 Å². The van der Waals surface area contributed by atoms with Gasteiger partial charge in [-0.3, -0.25) is 4.79 Å². The summed E-state index contributed by atoms with van der Waals surface area (Å²) in [6.45, 7) is 0.284. The second-order valence-corrected chi connectivity index (χ2v) is 8.53. The summed E-state index contributed by atoms with van der Waals surface area (Å²) in [6, 6.07) is 19.1. The maximum atomic E-state index is 12.4. The van der Waals surface area contributed by atoms with Gasteiger partial charge in [-0.15, -0.1) is 0 Å². The fourth-order valence-electron chi connectivity index (χ4n) is 3.16. The fourth-order valence-corrected chi connectivity index (χ4v) is 4.18. The first-order chi connectivity index (χ1) is 16.4. The van der Waals surface area contributed by atoms with Gasteiger partial charge in [0.15, 0.2) is 16.7 Å². The Bertz CT molecular complexity index is 1320. The molecule has 2 N–H and O–H groups in total. The zero-order valence-corrected chi connectivity index (χ0v) is 19.5. The predicted octanol–water partition coefficient (Wildman–Crippen LogP) is 5.52. The average molecular weight is 495 g/mol. The third-order valence-electron chi connectivity index (χ3n) is 4.83. The largest absolute Gasteiger partial charge is 0.493 e. The van der Waals surface area contributed by atoms with E-state index >= 15 is 0 Å². The van der Waals surface area contributed by atoms with Gasteiger partial charge in [0.1, 0.15) is 6.61 Å². The van der Waals surface area contributed by atoms with Crippen LogP contribution in [0.25, 0.3) is 6.08 Å². The molecule has 7 nitrogen and oxygen atoms in total. The van der Waals surface area contributed by atoms with E-state index in [2.05, 4.69) is 10.3 Å². The van der Waals surface area contributed by atoms with Gasteiger partial charge in [-0.1, -0.05) is 48.0 Å². The Morgan fingerprint density at radius 2 is 1.88 bits per heavy atom. The first-order valence-corrected chi connectivity index (χ1v) is 11.3. The summed E-state index contributed by atoms with van der Waals surface area (Å²) in [5, 5.41) is 12.9. The minimum atomic E-state index is -1.09. The lowest BCUT2D eigenvalue weighted by molar-refractivity contribution is -0.115. The third kappa shape index (κ3) is 5.41. The number of carbonyl (C=O) groups excluding carboxylic acids is 1. The van der Waals surface area contributed by atoms with Crippen molar-refractivity contribution in [1.82, 2.24) is 5.32 Å². The molecule has 9 heteroatoms. The lowest BCUT2D eigenvalue weighted by atomic mass is 10.2. The number of para-hydroxylation sites is 1. The SMILES string of the molecule is COc1cc(C=C2SC(=Nc3ccccc3C(=O)O)NC2=O)ccc1OCc1ccccc1Cl. The van der Waals surface area contributed by atoms with Crippen molar-refractivity contribution in [1.29, 1.82) is 0 Å². The number of nitrogens with zero attached hydrogens (tertiary/aromatic N) is 1. The molecule has 1 aliphatic heterocycles. The highest BCUT2D eigenvalue weighted by Crippen LogP contribution is 2.33. The van der Waals surface area contributed by atoms with E-state index in [1.807, 2.05) is 18.2 Å². The van der Waals surface area contributed by atoms with E-state index in [4.69, 9.17) is 21.1 Å². The topological polar surface area (TPSA) is 97.2 Å². The lowest BCUT2D eigenvalue weighted by Gasteiger charge is -2.12. The van der Waals surface area contributed by atoms with E-state index in [1.54, 1.807) is 48.5 Å². The van der Waals surface area contributed by atoms with Crippen LogP contribution in [-0.2, 0) is 11.4 Å². The Kier molecular flexibility index (Phi) is 7.20. The molecule has 0 atom stereocenters. The summed E-state index contributed by atoms with van der Waals surface area (Å²) in [7, 11) is 1.54. The van der Waals surface area contributed by atoms with Crippen LogP contribution in [0.4, 0.5) is 5.69 Å². The van der Waals surface area contributed by atoms with Crippen LogP contribution in [0, 0.1) is 0 Å². The molecule has 1 saturated heterocycles. The molecule has 1 fully saturated rings. The summed E-state index contributed by atoms with van der Waals surface area (Å²) in [5.74, 6) is -0.363. The summed E-state index contributed by atoms with van der Waals surface area (Å²) in [6.07, 6.45) is 1.70. The smallest absolute Gasteiger partial charge is 0.337 e. The zero-order valence-electron chi connectivity index (χ0n) is 17.9. The maximum absolute atomic E-state index is 12.4. The first kappa shape index (κ1) is 23.4. The molecule has 3 aromatic carbocycles. The second-order valence-electron chi connectivity index (χ2n) is 7.09. The highest BCUT2D eigenvalue weighted by molar-refractivity contribution is 8.18. The number of hydrogen-bond acceptors (Lipinski definition) is 6. The molecule has 1 aliphatic rings. The Hall–Kier alpha value is -3.75. The number of hydrogen-bond donors (Lipinski definition) is 2. The van der Waals surface area contributed by atoms with Gasteiger partial charge in [0.05, 0.1) is 23.3 Å². The van der Waals surface area contributed by atoms with E-state index in [1.165, 1.54) is 13.2 Å². The molecule has 0 spiro atoms. The highest BCUT2D eigenvalue weighted by atomic mass is 35.5. The van der Waals surface area contributed by atoms with E-state index in [-0.39, 0.29) is 23.8 Å². The van der Waals surface area contributed by atoms with Crippen molar-refractivity contribution >= 4 is 52.2 Å². The number of aliphatic imine (C=N–C) groups is 1. The number of thioether (sulfide) groups is 1. The van der Waals surface area contributed by atoms with Crippen molar-refractivity contribution < 1.29 is 24.2 Å². The number of ether oxygens (including phenoxy) is 2. The zero-order chi connectivity index (χ0) is 24.1. The van der Waals surface area contributed by atoms with Crippen LogP contribution in [0.2, 0.25) is 5.02 Å². The molecule has 0 aliphatic carbocycles. The Balaban J connectivity index is 1.52. The van der Waals surface area contributed by atoms with E-state index in [9.17, 15) is 14.7 Å². The molecule has 3 aromatic rings. The summed E-state index contributed by atoms with van der Waals surface area (Å²) in [4.78, 5) is 28.6. The van der Waals surface area contributed by atoms with Crippen molar-refractivity contribution in [3.8, 4) is 11.5 Å². The number of amides is 1. The molecule has 0 saturated carbocycles. The average Bonchev–Trinajstić information content (AvgIpc) is 3.17. The number of aromatic carboxylic acids is 1. The van der Waals surface area contributed by atoms with Gasteiger partial charge >= 0.3 is 5.97 Å².